The monoisotopic (exact) mass is 253 g/mol. The van der Waals surface area contributed by atoms with E-state index in [0.29, 0.717) is 12.5 Å². The first-order valence-electron chi connectivity index (χ1n) is 6.37. The van der Waals surface area contributed by atoms with Crippen molar-refractivity contribution in [1.29, 1.82) is 0 Å². The average Bonchev–Trinajstić information content (AvgIpc) is 2.80. The maximum absolute atomic E-state index is 11.6. The summed E-state index contributed by atoms with van der Waals surface area (Å²) in [6.07, 6.45) is 4.69. The quantitative estimate of drug-likeness (QED) is 0.683. The van der Waals surface area contributed by atoms with E-state index in [1.165, 1.54) is 0 Å². The Hall–Kier alpha value is -1.49. The standard InChI is InChI=1S/C13H23N3O2/c1-11(2)9-12(10-17)15-13(18)14-5-8-16-6-3-4-7-16/h3-4,6-7,11-12,17H,5,8-10H2,1-2H3,(H2,14,15,18)/t12-/m1/s1. The molecule has 2 amide bonds. The van der Waals surface area contributed by atoms with Crippen LogP contribution in [0.3, 0.4) is 0 Å². The highest BCUT2D eigenvalue weighted by Crippen LogP contribution is 2.03. The van der Waals surface area contributed by atoms with Crippen molar-refractivity contribution in [1.82, 2.24) is 15.2 Å². The van der Waals surface area contributed by atoms with Crippen molar-refractivity contribution < 1.29 is 9.90 Å². The minimum absolute atomic E-state index is 0.0246. The third kappa shape index (κ3) is 5.72. The first-order chi connectivity index (χ1) is 8.61. The van der Waals surface area contributed by atoms with Gasteiger partial charge in [-0.3, -0.25) is 0 Å². The van der Waals surface area contributed by atoms with Gasteiger partial charge in [0, 0.05) is 25.5 Å². The van der Waals surface area contributed by atoms with Crippen LogP contribution >= 0.6 is 0 Å². The normalized spacial score (nSPS) is 12.4. The topological polar surface area (TPSA) is 66.3 Å². The summed E-state index contributed by atoms with van der Waals surface area (Å²) in [5.41, 5.74) is 0. The van der Waals surface area contributed by atoms with Crippen LogP contribution in [0.2, 0.25) is 0 Å². The molecule has 1 aromatic rings. The number of aromatic nitrogens is 1. The highest BCUT2D eigenvalue weighted by Gasteiger charge is 2.12. The number of nitrogens with one attached hydrogen (secondary N) is 2. The maximum atomic E-state index is 11.6. The summed E-state index contributed by atoms with van der Waals surface area (Å²) >= 11 is 0. The number of hydrogen-bond donors (Lipinski definition) is 3. The molecule has 102 valence electrons. The van der Waals surface area contributed by atoms with Gasteiger partial charge in [0.1, 0.15) is 0 Å². The van der Waals surface area contributed by atoms with Crippen molar-refractivity contribution in [3.8, 4) is 0 Å². The van der Waals surface area contributed by atoms with Gasteiger partial charge in [0.25, 0.3) is 0 Å². The Morgan fingerprint density at radius 1 is 1.33 bits per heavy atom. The molecule has 0 aliphatic rings. The van der Waals surface area contributed by atoms with E-state index < -0.39 is 0 Å². The Bertz CT molecular complexity index is 336. The third-order valence-corrected chi connectivity index (χ3v) is 2.63. The van der Waals surface area contributed by atoms with Gasteiger partial charge >= 0.3 is 6.03 Å². The van der Waals surface area contributed by atoms with Gasteiger partial charge in [0.05, 0.1) is 12.6 Å². The summed E-state index contributed by atoms with van der Waals surface area (Å²) in [4.78, 5) is 11.6. The van der Waals surface area contributed by atoms with Gasteiger partial charge in [-0.25, -0.2) is 4.79 Å². The van der Waals surface area contributed by atoms with E-state index in [4.69, 9.17) is 5.11 Å². The Labute approximate surface area is 108 Å². The van der Waals surface area contributed by atoms with E-state index in [1.807, 2.05) is 29.1 Å². The summed E-state index contributed by atoms with van der Waals surface area (Å²) in [6.45, 7) is 5.42. The second-order valence-electron chi connectivity index (χ2n) is 4.83. The minimum atomic E-state index is -0.221. The van der Waals surface area contributed by atoms with Gasteiger partial charge in [0.2, 0.25) is 0 Å². The molecule has 1 heterocycles. The number of amides is 2. The molecule has 0 bridgehead atoms. The molecule has 0 unspecified atom stereocenters. The molecule has 0 aliphatic carbocycles. The summed E-state index contributed by atoms with van der Waals surface area (Å²) in [5, 5.41) is 14.7. The largest absolute Gasteiger partial charge is 0.394 e. The van der Waals surface area contributed by atoms with E-state index in [2.05, 4.69) is 24.5 Å². The lowest BCUT2D eigenvalue weighted by Gasteiger charge is -2.18. The molecule has 5 heteroatoms. The third-order valence-electron chi connectivity index (χ3n) is 2.63. The fourth-order valence-electron chi connectivity index (χ4n) is 1.80. The van der Waals surface area contributed by atoms with Gasteiger partial charge in [-0.15, -0.1) is 0 Å². The fraction of sp³-hybridized carbons (Fsp3) is 0.615. The van der Waals surface area contributed by atoms with Crippen LogP contribution in [0.1, 0.15) is 20.3 Å². The number of hydrogen-bond acceptors (Lipinski definition) is 2. The zero-order chi connectivity index (χ0) is 13.4. The molecule has 5 nitrogen and oxygen atoms in total. The fourth-order valence-corrected chi connectivity index (χ4v) is 1.80. The second kappa shape index (κ2) is 7.76. The number of urea groups is 1. The molecular formula is C13H23N3O2. The zero-order valence-electron chi connectivity index (χ0n) is 11.1. The van der Waals surface area contributed by atoms with Crippen molar-refractivity contribution in [2.24, 2.45) is 5.92 Å². The molecular weight excluding hydrogens is 230 g/mol. The van der Waals surface area contributed by atoms with Crippen molar-refractivity contribution in [3.63, 3.8) is 0 Å². The number of carbonyl (C=O) groups is 1. The van der Waals surface area contributed by atoms with Gasteiger partial charge in [-0.05, 0) is 24.5 Å². The first kappa shape index (κ1) is 14.6. The molecule has 3 N–H and O–H groups in total. The Morgan fingerprint density at radius 2 is 2.00 bits per heavy atom. The van der Waals surface area contributed by atoms with E-state index in [1.54, 1.807) is 0 Å². The molecule has 1 rings (SSSR count). The van der Waals surface area contributed by atoms with Gasteiger partial charge in [0.15, 0.2) is 0 Å². The molecule has 1 aromatic heterocycles. The van der Waals surface area contributed by atoms with Crippen LogP contribution in [0.15, 0.2) is 24.5 Å². The second-order valence-corrected chi connectivity index (χ2v) is 4.83. The molecule has 0 aromatic carbocycles. The Kier molecular flexibility index (Phi) is 6.28. The molecule has 1 atom stereocenters. The maximum Gasteiger partial charge on any atom is 0.315 e. The smallest absolute Gasteiger partial charge is 0.315 e. The molecule has 0 fully saturated rings. The number of aliphatic hydroxyl groups is 1. The van der Waals surface area contributed by atoms with Crippen molar-refractivity contribution in [2.75, 3.05) is 13.2 Å². The molecule has 0 spiro atoms. The van der Waals surface area contributed by atoms with Crippen LogP contribution in [0.5, 0.6) is 0 Å². The van der Waals surface area contributed by atoms with Crippen LogP contribution in [0.4, 0.5) is 4.79 Å². The van der Waals surface area contributed by atoms with Gasteiger partial charge < -0.3 is 20.3 Å². The zero-order valence-corrected chi connectivity index (χ0v) is 11.1. The lowest BCUT2D eigenvalue weighted by Crippen LogP contribution is -2.45. The molecule has 0 saturated carbocycles. The summed E-state index contributed by atoms with van der Waals surface area (Å²) in [6, 6.07) is 3.51. The summed E-state index contributed by atoms with van der Waals surface area (Å²) in [7, 11) is 0. The Morgan fingerprint density at radius 3 is 2.56 bits per heavy atom. The number of nitrogens with zero attached hydrogens (tertiary/aromatic N) is 1. The van der Waals surface area contributed by atoms with Crippen LogP contribution in [-0.4, -0.2) is 34.9 Å². The minimum Gasteiger partial charge on any atom is -0.394 e. The Balaban J connectivity index is 2.19. The molecule has 18 heavy (non-hydrogen) atoms. The lowest BCUT2D eigenvalue weighted by molar-refractivity contribution is 0.206. The summed E-state index contributed by atoms with van der Waals surface area (Å²) < 4.78 is 2.00. The highest BCUT2D eigenvalue weighted by atomic mass is 16.3. The van der Waals surface area contributed by atoms with Crippen LogP contribution in [0.25, 0.3) is 0 Å². The molecule has 0 aliphatic heterocycles. The van der Waals surface area contributed by atoms with E-state index in [0.717, 1.165) is 13.0 Å². The number of carbonyl (C=O) groups excluding carboxylic acids is 1. The predicted molar refractivity (Wildman–Crippen MR) is 71.3 cm³/mol. The van der Waals surface area contributed by atoms with Crippen molar-refractivity contribution >= 4 is 6.03 Å². The van der Waals surface area contributed by atoms with E-state index in [9.17, 15) is 4.79 Å². The first-order valence-corrected chi connectivity index (χ1v) is 6.37. The number of rotatable bonds is 7. The molecule has 0 saturated heterocycles. The van der Waals surface area contributed by atoms with Crippen LogP contribution < -0.4 is 10.6 Å². The van der Waals surface area contributed by atoms with Crippen LogP contribution in [0, 0.1) is 5.92 Å². The van der Waals surface area contributed by atoms with E-state index in [-0.39, 0.29) is 18.7 Å². The van der Waals surface area contributed by atoms with Crippen molar-refractivity contribution in [3.05, 3.63) is 24.5 Å². The lowest BCUT2D eigenvalue weighted by atomic mass is 10.0. The number of aliphatic hydroxyl groups excluding tert-OH is 1. The summed E-state index contributed by atoms with van der Waals surface area (Å²) in [5.74, 6) is 0.447. The van der Waals surface area contributed by atoms with Crippen LogP contribution in [-0.2, 0) is 6.54 Å². The average molecular weight is 253 g/mol. The molecule has 0 radical (unpaired) electrons. The van der Waals surface area contributed by atoms with Gasteiger partial charge in [-0.1, -0.05) is 13.8 Å². The van der Waals surface area contributed by atoms with E-state index >= 15 is 0 Å². The van der Waals surface area contributed by atoms with Gasteiger partial charge in [-0.2, -0.15) is 0 Å². The van der Waals surface area contributed by atoms with Crippen molar-refractivity contribution in [2.45, 2.75) is 32.9 Å². The highest BCUT2D eigenvalue weighted by molar-refractivity contribution is 5.74. The predicted octanol–water partition coefficient (Wildman–Crippen LogP) is 1.19. The SMILES string of the molecule is CC(C)C[C@H](CO)NC(=O)NCCn1cccc1.